The lowest BCUT2D eigenvalue weighted by atomic mass is 9.99. The molecule has 26 heavy (non-hydrogen) atoms. The second-order valence-corrected chi connectivity index (χ2v) is 6.28. The first-order chi connectivity index (χ1) is 12.6. The summed E-state index contributed by atoms with van der Waals surface area (Å²) in [5, 5.41) is 32.2. The third-order valence-electron chi connectivity index (χ3n) is 4.48. The third kappa shape index (κ3) is 3.69. The lowest BCUT2D eigenvalue weighted by molar-refractivity contribution is -0.117. The number of carbonyl (C=O) groups excluding carboxylic acids is 1. The number of hydrogen-bond acceptors (Lipinski definition) is 5. The Kier molecular flexibility index (Phi) is 5.52. The first-order valence-corrected chi connectivity index (χ1v) is 8.59. The molecule has 0 radical (unpaired) electrons. The predicted octanol–water partition coefficient (Wildman–Crippen LogP) is 1.43. The normalized spacial score (nSPS) is 15.3. The van der Waals surface area contributed by atoms with E-state index in [0.717, 1.165) is 41.5 Å². The van der Waals surface area contributed by atoms with Crippen LogP contribution in [0.5, 0.6) is 0 Å². The molecule has 6 heteroatoms. The standard InChI is InChI=1S/C20H21N3O3/c21-11-16(20(26)22-12-17(25)13-24)10-15-7-6-14-4-1-2-5-18(14)19(15)23-8-3-9-23/h1-2,4-7,10,17,24-25H,3,8-9,12-13H2,(H,22,26)/b16-10+. The van der Waals surface area contributed by atoms with Gasteiger partial charge in [0.2, 0.25) is 0 Å². The second-order valence-electron chi connectivity index (χ2n) is 6.28. The number of amides is 1. The number of aliphatic hydroxyl groups is 2. The van der Waals surface area contributed by atoms with Crippen LogP contribution in [0, 0.1) is 11.3 Å². The van der Waals surface area contributed by atoms with Crippen LogP contribution in [0.25, 0.3) is 16.8 Å². The van der Waals surface area contributed by atoms with Crippen molar-refractivity contribution in [1.82, 2.24) is 5.32 Å². The van der Waals surface area contributed by atoms with Gasteiger partial charge in [0.25, 0.3) is 5.91 Å². The highest BCUT2D eigenvalue weighted by atomic mass is 16.3. The van der Waals surface area contributed by atoms with Crippen LogP contribution in [0.3, 0.4) is 0 Å². The maximum atomic E-state index is 12.2. The molecular formula is C20H21N3O3. The number of rotatable bonds is 6. The molecule has 134 valence electrons. The van der Waals surface area contributed by atoms with Gasteiger partial charge in [0, 0.05) is 25.0 Å². The van der Waals surface area contributed by atoms with Crippen LogP contribution in [0.1, 0.15) is 12.0 Å². The Labute approximate surface area is 152 Å². The maximum Gasteiger partial charge on any atom is 0.262 e. The van der Waals surface area contributed by atoms with E-state index in [9.17, 15) is 15.2 Å². The minimum Gasteiger partial charge on any atom is -0.394 e. The fourth-order valence-electron chi connectivity index (χ4n) is 2.96. The molecule has 1 heterocycles. The van der Waals surface area contributed by atoms with E-state index >= 15 is 0 Å². The van der Waals surface area contributed by atoms with Crippen molar-refractivity contribution in [2.45, 2.75) is 12.5 Å². The second kappa shape index (κ2) is 8.00. The van der Waals surface area contributed by atoms with Gasteiger partial charge in [0.1, 0.15) is 11.6 Å². The third-order valence-corrected chi connectivity index (χ3v) is 4.48. The minimum atomic E-state index is -1.05. The largest absolute Gasteiger partial charge is 0.394 e. The molecular weight excluding hydrogens is 330 g/mol. The van der Waals surface area contributed by atoms with Gasteiger partial charge in [-0.15, -0.1) is 0 Å². The highest BCUT2D eigenvalue weighted by Gasteiger charge is 2.20. The molecule has 0 bridgehead atoms. The van der Waals surface area contributed by atoms with E-state index in [1.165, 1.54) is 0 Å². The molecule has 0 aliphatic carbocycles. The molecule has 0 saturated carbocycles. The Balaban J connectivity index is 1.96. The highest BCUT2D eigenvalue weighted by molar-refractivity contribution is 6.05. The Hall–Kier alpha value is -2.88. The van der Waals surface area contributed by atoms with Crippen molar-refractivity contribution in [3.8, 4) is 6.07 Å². The molecule has 1 amide bonds. The zero-order valence-electron chi connectivity index (χ0n) is 14.4. The van der Waals surface area contributed by atoms with Gasteiger partial charge in [0.15, 0.2) is 0 Å². The number of nitrogens with zero attached hydrogens (tertiary/aromatic N) is 2. The molecule has 1 aliphatic rings. The Morgan fingerprint density at radius 3 is 2.73 bits per heavy atom. The zero-order chi connectivity index (χ0) is 18.5. The van der Waals surface area contributed by atoms with Crippen molar-refractivity contribution in [1.29, 1.82) is 5.26 Å². The number of carbonyl (C=O) groups is 1. The number of benzene rings is 2. The van der Waals surface area contributed by atoms with Crippen LogP contribution < -0.4 is 10.2 Å². The molecule has 3 N–H and O–H groups in total. The summed E-state index contributed by atoms with van der Waals surface area (Å²) in [6.07, 6.45) is 1.66. The van der Waals surface area contributed by atoms with E-state index in [0.29, 0.717) is 0 Å². The number of fused-ring (bicyclic) bond motifs is 1. The summed E-state index contributed by atoms with van der Waals surface area (Å²) in [5.74, 6) is -0.567. The summed E-state index contributed by atoms with van der Waals surface area (Å²) in [7, 11) is 0. The van der Waals surface area contributed by atoms with Gasteiger partial charge in [0.05, 0.1) is 18.4 Å². The van der Waals surface area contributed by atoms with Crippen molar-refractivity contribution in [3.63, 3.8) is 0 Å². The van der Waals surface area contributed by atoms with Gasteiger partial charge in [-0.05, 0) is 23.4 Å². The molecule has 1 unspecified atom stereocenters. The average molecular weight is 351 g/mol. The van der Waals surface area contributed by atoms with Crippen LogP contribution in [0.15, 0.2) is 42.0 Å². The topological polar surface area (TPSA) is 96.6 Å². The van der Waals surface area contributed by atoms with Crippen molar-refractivity contribution < 1.29 is 15.0 Å². The predicted molar refractivity (Wildman–Crippen MR) is 100 cm³/mol. The quantitative estimate of drug-likeness (QED) is 0.540. The molecule has 1 atom stereocenters. The van der Waals surface area contributed by atoms with Gasteiger partial charge in [-0.3, -0.25) is 4.79 Å². The van der Waals surface area contributed by atoms with Gasteiger partial charge >= 0.3 is 0 Å². The molecule has 6 nitrogen and oxygen atoms in total. The molecule has 0 aromatic heterocycles. The van der Waals surface area contributed by atoms with E-state index in [2.05, 4.69) is 10.2 Å². The zero-order valence-corrected chi connectivity index (χ0v) is 14.4. The molecule has 2 aromatic rings. The van der Waals surface area contributed by atoms with E-state index in [-0.39, 0.29) is 12.1 Å². The van der Waals surface area contributed by atoms with Crippen LogP contribution in [-0.4, -0.2) is 48.5 Å². The molecule has 3 rings (SSSR count). The van der Waals surface area contributed by atoms with Crippen LogP contribution in [0.2, 0.25) is 0 Å². The van der Waals surface area contributed by atoms with Crippen molar-refractivity contribution in [2.24, 2.45) is 0 Å². The summed E-state index contributed by atoms with van der Waals surface area (Å²) < 4.78 is 0. The van der Waals surface area contributed by atoms with E-state index in [4.69, 9.17) is 5.11 Å². The highest BCUT2D eigenvalue weighted by Crippen LogP contribution is 2.34. The minimum absolute atomic E-state index is 0.0350. The summed E-state index contributed by atoms with van der Waals surface area (Å²) in [4.78, 5) is 14.5. The lowest BCUT2D eigenvalue weighted by Crippen LogP contribution is -2.37. The first kappa shape index (κ1) is 17.9. The van der Waals surface area contributed by atoms with Gasteiger partial charge in [-0.1, -0.05) is 36.4 Å². The van der Waals surface area contributed by atoms with Crippen molar-refractivity contribution in [3.05, 3.63) is 47.5 Å². The van der Waals surface area contributed by atoms with E-state index < -0.39 is 18.6 Å². The van der Waals surface area contributed by atoms with Crippen LogP contribution in [0.4, 0.5) is 5.69 Å². The van der Waals surface area contributed by atoms with Crippen molar-refractivity contribution in [2.75, 3.05) is 31.1 Å². The Morgan fingerprint density at radius 1 is 1.31 bits per heavy atom. The summed E-state index contributed by atoms with van der Waals surface area (Å²) in [6.45, 7) is 1.35. The summed E-state index contributed by atoms with van der Waals surface area (Å²) >= 11 is 0. The fourth-order valence-corrected chi connectivity index (χ4v) is 2.96. The summed E-state index contributed by atoms with van der Waals surface area (Å²) in [6, 6.07) is 13.9. The van der Waals surface area contributed by atoms with Gasteiger partial charge < -0.3 is 20.4 Å². The molecule has 1 saturated heterocycles. The van der Waals surface area contributed by atoms with Crippen LogP contribution >= 0.6 is 0 Å². The Bertz CT molecular complexity index is 881. The smallest absolute Gasteiger partial charge is 0.262 e. The average Bonchev–Trinajstić information content (AvgIpc) is 2.63. The summed E-state index contributed by atoms with van der Waals surface area (Å²) in [5.41, 5.74) is 1.82. The molecule has 0 spiro atoms. The SMILES string of the molecule is N#C/C(=C\c1ccc2ccccc2c1N1CCC1)C(=O)NCC(O)CO. The van der Waals surface area contributed by atoms with Crippen molar-refractivity contribution >= 4 is 28.4 Å². The number of nitriles is 1. The maximum absolute atomic E-state index is 12.2. The molecule has 1 fully saturated rings. The number of anilines is 1. The fraction of sp³-hybridized carbons (Fsp3) is 0.300. The molecule has 2 aromatic carbocycles. The Morgan fingerprint density at radius 2 is 2.08 bits per heavy atom. The monoisotopic (exact) mass is 351 g/mol. The van der Waals surface area contributed by atoms with E-state index in [1.807, 2.05) is 42.5 Å². The van der Waals surface area contributed by atoms with Gasteiger partial charge in [-0.25, -0.2) is 0 Å². The first-order valence-electron chi connectivity index (χ1n) is 8.59. The molecule has 1 aliphatic heterocycles. The van der Waals surface area contributed by atoms with Gasteiger partial charge in [-0.2, -0.15) is 5.26 Å². The number of aliphatic hydroxyl groups excluding tert-OH is 2. The van der Waals surface area contributed by atoms with E-state index in [1.54, 1.807) is 6.08 Å². The number of nitrogens with one attached hydrogen (secondary N) is 1. The lowest BCUT2D eigenvalue weighted by Gasteiger charge is -2.35. The number of hydrogen-bond donors (Lipinski definition) is 3. The van der Waals surface area contributed by atoms with Crippen LogP contribution in [-0.2, 0) is 4.79 Å².